The number of amides is 4. The third-order valence-electron chi connectivity index (χ3n) is 7.25. The number of nitrogens with zero attached hydrogens (tertiary/aromatic N) is 2. The molecule has 0 aromatic heterocycles. The zero-order valence-electron chi connectivity index (χ0n) is 21.0. The lowest BCUT2D eigenvalue weighted by Gasteiger charge is -2.32. The Labute approximate surface area is 217 Å². The van der Waals surface area contributed by atoms with Crippen molar-refractivity contribution >= 4 is 17.8 Å². The number of fused-ring (bicyclic) bond motifs is 1. The molecule has 190 valence electrons. The second-order valence-corrected chi connectivity index (χ2v) is 9.68. The Balaban J connectivity index is 1.19. The number of urea groups is 1. The van der Waals surface area contributed by atoms with Crippen LogP contribution in [-0.4, -0.2) is 46.3 Å². The molecule has 7 nitrogen and oxygen atoms in total. The van der Waals surface area contributed by atoms with Crippen LogP contribution in [0.2, 0.25) is 0 Å². The van der Waals surface area contributed by atoms with E-state index in [1.54, 1.807) is 4.90 Å². The molecule has 7 heteroatoms. The van der Waals surface area contributed by atoms with E-state index in [4.69, 9.17) is 4.74 Å². The summed E-state index contributed by atoms with van der Waals surface area (Å²) in [5, 5.41) is 2.90. The van der Waals surface area contributed by atoms with E-state index < -0.39 is 11.6 Å². The van der Waals surface area contributed by atoms with Crippen molar-refractivity contribution in [3.8, 4) is 5.75 Å². The van der Waals surface area contributed by atoms with E-state index in [1.165, 1.54) is 5.56 Å². The molecule has 37 heavy (non-hydrogen) atoms. The highest BCUT2D eigenvalue weighted by Gasteiger charge is 2.52. The number of aryl methyl sites for hydroxylation is 1. The van der Waals surface area contributed by atoms with E-state index in [1.807, 2.05) is 79.7 Å². The van der Waals surface area contributed by atoms with E-state index in [-0.39, 0.29) is 18.4 Å². The maximum atomic E-state index is 13.4. The van der Waals surface area contributed by atoms with Gasteiger partial charge in [-0.25, -0.2) is 4.79 Å². The van der Waals surface area contributed by atoms with Crippen molar-refractivity contribution in [3.63, 3.8) is 0 Å². The van der Waals surface area contributed by atoms with Crippen LogP contribution in [0, 0.1) is 0 Å². The lowest BCUT2D eigenvalue weighted by molar-refractivity contribution is -0.139. The monoisotopic (exact) mass is 497 g/mol. The maximum absolute atomic E-state index is 13.4. The molecule has 0 saturated carbocycles. The van der Waals surface area contributed by atoms with E-state index >= 15 is 0 Å². The third-order valence-corrected chi connectivity index (χ3v) is 7.25. The van der Waals surface area contributed by atoms with Crippen molar-refractivity contribution in [2.45, 2.75) is 44.9 Å². The summed E-state index contributed by atoms with van der Waals surface area (Å²) < 4.78 is 5.85. The molecule has 1 unspecified atom stereocenters. The predicted molar refractivity (Wildman–Crippen MR) is 140 cm³/mol. The second-order valence-electron chi connectivity index (χ2n) is 9.68. The van der Waals surface area contributed by atoms with Gasteiger partial charge in [-0.15, -0.1) is 0 Å². The highest BCUT2D eigenvalue weighted by molar-refractivity contribution is 6.09. The lowest BCUT2D eigenvalue weighted by atomic mass is 9.78. The Morgan fingerprint density at radius 2 is 1.65 bits per heavy atom. The Bertz CT molecular complexity index is 1290. The number of carbonyl (C=O) groups excluding carboxylic acids is 3. The first-order valence-electron chi connectivity index (χ1n) is 12.7. The average molecular weight is 498 g/mol. The summed E-state index contributed by atoms with van der Waals surface area (Å²) in [6.07, 6.45) is 1.71. The number of hydrogen-bond donors (Lipinski definition) is 1. The van der Waals surface area contributed by atoms with Gasteiger partial charge in [0.2, 0.25) is 5.91 Å². The molecule has 1 N–H and O–H groups in total. The minimum absolute atomic E-state index is 0.260. The van der Waals surface area contributed by atoms with Gasteiger partial charge < -0.3 is 15.0 Å². The van der Waals surface area contributed by atoms with Gasteiger partial charge in [0.25, 0.3) is 5.91 Å². The molecule has 3 aromatic rings. The lowest BCUT2D eigenvalue weighted by Crippen LogP contribution is -2.51. The van der Waals surface area contributed by atoms with Gasteiger partial charge in [-0.05, 0) is 54.2 Å². The van der Waals surface area contributed by atoms with Crippen molar-refractivity contribution in [3.05, 3.63) is 101 Å². The summed E-state index contributed by atoms with van der Waals surface area (Å²) >= 11 is 0. The molecule has 3 aromatic carbocycles. The summed E-state index contributed by atoms with van der Waals surface area (Å²) in [7, 11) is 0. The van der Waals surface area contributed by atoms with Crippen LogP contribution in [0.15, 0.2) is 78.9 Å². The zero-order valence-corrected chi connectivity index (χ0v) is 21.0. The first-order valence-corrected chi connectivity index (χ1v) is 12.7. The molecule has 0 bridgehead atoms. The van der Waals surface area contributed by atoms with Gasteiger partial charge in [-0.3, -0.25) is 14.5 Å². The van der Waals surface area contributed by atoms with Gasteiger partial charge in [-0.2, -0.15) is 0 Å². The number of likely N-dealkylation sites (N-methyl/N-ethyl adjacent to an activating group) is 1. The topological polar surface area (TPSA) is 79.0 Å². The van der Waals surface area contributed by atoms with Gasteiger partial charge in [0.1, 0.15) is 24.4 Å². The fourth-order valence-corrected chi connectivity index (χ4v) is 5.11. The van der Waals surface area contributed by atoms with Crippen molar-refractivity contribution in [2.24, 2.45) is 0 Å². The molecule has 5 rings (SSSR count). The normalized spacial score (nSPS) is 18.5. The molecule has 1 aliphatic heterocycles. The summed E-state index contributed by atoms with van der Waals surface area (Å²) in [6, 6.07) is 25.1. The fourth-order valence-electron chi connectivity index (χ4n) is 5.11. The summed E-state index contributed by atoms with van der Waals surface area (Å²) in [4.78, 5) is 42.0. The quantitative estimate of drug-likeness (QED) is 0.476. The van der Waals surface area contributed by atoms with E-state index in [2.05, 4.69) is 11.4 Å². The number of ether oxygens (including phenoxy) is 1. The number of nitrogens with one attached hydrogen (secondary N) is 1. The Kier molecular flexibility index (Phi) is 6.95. The van der Waals surface area contributed by atoms with Crippen LogP contribution < -0.4 is 10.1 Å². The molecule has 2 aliphatic rings. The number of benzene rings is 3. The number of rotatable bonds is 8. The number of carbonyl (C=O) groups is 3. The van der Waals surface area contributed by atoms with Crippen molar-refractivity contribution in [2.75, 3.05) is 13.1 Å². The molecule has 1 aliphatic carbocycles. The Morgan fingerprint density at radius 3 is 2.38 bits per heavy atom. The minimum Gasteiger partial charge on any atom is -0.489 e. The molecule has 4 amide bonds. The van der Waals surface area contributed by atoms with Crippen LogP contribution in [0.4, 0.5) is 4.79 Å². The maximum Gasteiger partial charge on any atom is 0.325 e. The summed E-state index contributed by atoms with van der Waals surface area (Å²) in [6.45, 7) is 2.96. The predicted octanol–water partition coefficient (Wildman–Crippen LogP) is 4.09. The van der Waals surface area contributed by atoms with Crippen LogP contribution in [0.5, 0.6) is 5.75 Å². The average Bonchev–Trinajstić information content (AvgIpc) is 3.15. The number of hydrogen-bond acceptors (Lipinski definition) is 4. The molecule has 0 radical (unpaired) electrons. The highest BCUT2D eigenvalue weighted by atomic mass is 16.5. The smallest absolute Gasteiger partial charge is 0.325 e. The van der Waals surface area contributed by atoms with E-state index in [9.17, 15) is 14.4 Å². The van der Waals surface area contributed by atoms with Crippen molar-refractivity contribution in [1.29, 1.82) is 0 Å². The molecule has 1 saturated heterocycles. The van der Waals surface area contributed by atoms with Gasteiger partial charge in [0, 0.05) is 19.5 Å². The number of imide groups is 1. The van der Waals surface area contributed by atoms with E-state index in [0.717, 1.165) is 33.8 Å². The van der Waals surface area contributed by atoms with Crippen LogP contribution in [-0.2, 0) is 35.6 Å². The zero-order chi connectivity index (χ0) is 25.8. The summed E-state index contributed by atoms with van der Waals surface area (Å²) in [5.41, 5.74) is 3.35. The third kappa shape index (κ3) is 5.21. The van der Waals surface area contributed by atoms with Crippen molar-refractivity contribution in [1.82, 2.24) is 15.1 Å². The highest BCUT2D eigenvalue weighted by Crippen LogP contribution is 2.33. The van der Waals surface area contributed by atoms with Crippen LogP contribution in [0.1, 0.15) is 35.6 Å². The minimum atomic E-state index is -0.960. The van der Waals surface area contributed by atoms with Gasteiger partial charge >= 0.3 is 6.03 Å². The van der Waals surface area contributed by atoms with Crippen LogP contribution in [0.3, 0.4) is 0 Å². The fraction of sp³-hybridized carbons (Fsp3) is 0.300. The second kappa shape index (κ2) is 10.5. The standard InChI is InChI=1S/C30H31N3O4/c1-2-32(19-22-12-14-26(15-13-22)37-21-23-8-4-3-5-9-23)27(34)20-33-28(35)30(31-29(33)36)17-16-24-10-6-7-11-25(24)18-30/h3-15H,2,16-21H2,1H3,(H,31,36). The van der Waals surface area contributed by atoms with Gasteiger partial charge in [0.05, 0.1) is 0 Å². The van der Waals surface area contributed by atoms with E-state index in [0.29, 0.717) is 32.5 Å². The van der Waals surface area contributed by atoms with Crippen LogP contribution in [0.25, 0.3) is 0 Å². The van der Waals surface area contributed by atoms with Crippen molar-refractivity contribution < 1.29 is 19.1 Å². The Morgan fingerprint density at radius 1 is 0.946 bits per heavy atom. The van der Waals surface area contributed by atoms with Gasteiger partial charge in [0.15, 0.2) is 0 Å². The largest absolute Gasteiger partial charge is 0.489 e. The molecule has 1 fully saturated rings. The SMILES string of the molecule is CCN(Cc1ccc(OCc2ccccc2)cc1)C(=O)CN1C(=O)NC2(CCc3ccccc3C2)C1=O. The van der Waals surface area contributed by atoms with Crippen LogP contribution >= 0.6 is 0 Å². The molecule has 1 atom stereocenters. The Hall–Kier alpha value is -4.13. The first kappa shape index (κ1) is 24.6. The first-order chi connectivity index (χ1) is 18.0. The summed E-state index contributed by atoms with van der Waals surface area (Å²) in [5.74, 6) is 0.181. The molecule has 1 heterocycles. The molecular weight excluding hydrogens is 466 g/mol. The molecule has 1 spiro atoms. The molecular formula is C30H31N3O4. The van der Waals surface area contributed by atoms with Gasteiger partial charge in [-0.1, -0.05) is 66.7 Å².